The molecular formula is C10H18N2O4. The summed E-state index contributed by atoms with van der Waals surface area (Å²) in [6, 6.07) is 0.0833. The van der Waals surface area contributed by atoms with Gasteiger partial charge in [-0.05, 0) is 19.8 Å². The minimum absolute atomic E-state index is 0.0833. The first-order chi connectivity index (χ1) is 7.67. The number of methoxy groups -OCH3 is 1. The molecule has 1 aliphatic heterocycles. The Hall–Kier alpha value is -1.46. The normalized spacial score (nSPS) is 16.8. The summed E-state index contributed by atoms with van der Waals surface area (Å²) in [5.74, 6) is 0. The van der Waals surface area contributed by atoms with Gasteiger partial charge in [0.05, 0.1) is 13.7 Å². The van der Waals surface area contributed by atoms with Crippen molar-refractivity contribution in [2.75, 3.05) is 26.8 Å². The molecule has 6 heteroatoms. The third kappa shape index (κ3) is 3.60. The number of alkyl carbamates (subject to hydrolysis) is 1. The van der Waals surface area contributed by atoms with Crippen molar-refractivity contribution in [2.24, 2.45) is 0 Å². The quantitative estimate of drug-likeness (QED) is 0.767. The number of ether oxygens (including phenoxy) is 2. The summed E-state index contributed by atoms with van der Waals surface area (Å²) in [7, 11) is 1.37. The van der Waals surface area contributed by atoms with Crippen LogP contribution >= 0.6 is 0 Å². The Bertz CT molecular complexity index is 249. The van der Waals surface area contributed by atoms with Gasteiger partial charge in [-0.15, -0.1) is 0 Å². The highest BCUT2D eigenvalue weighted by molar-refractivity contribution is 5.68. The minimum Gasteiger partial charge on any atom is -0.453 e. The fourth-order valence-corrected chi connectivity index (χ4v) is 1.67. The van der Waals surface area contributed by atoms with Crippen LogP contribution in [0.15, 0.2) is 0 Å². The van der Waals surface area contributed by atoms with Gasteiger partial charge in [0.1, 0.15) is 0 Å². The summed E-state index contributed by atoms with van der Waals surface area (Å²) >= 11 is 0. The van der Waals surface area contributed by atoms with Crippen molar-refractivity contribution in [3.8, 4) is 0 Å². The average Bonchev–Trinajstić information content (AvgIpc) is 2.29. The number of rotatable bonds is 2. The van der Waals surface area contributed by atoms with Crippen molar-refractivity contribution in [1.82, 2.24) is 10.2 Å². The molecule has 0 spiro atoms. The van der Waals surface area contributed by atoms with E-state index in [-0.39, 0.29) is 18.2 Å². The van der Waals surface area contributed by atoms with Crippen LogP contribution in [0.2, 0.25) is 0 Å². The van der Waals surface area contributed by atoms with Crippen LogP contribution in [0.5, 0.6) is 0 Å². The Morgan fingerprint density at radius 3 is 2.50 bits per heavy atom. The number of piperidine rings is 1. The van der Waals surface area contributed by atoms with Gasteiger partial charge in [0, 0.05) is 19.1 Å². The highest BCUT2D eigenvalue weighted by Gasteiger charge is 2.24. The molecule has 16 heavy (non-hydrogen) atoms. The smallest absolute Gasteiger partial charge is 0.409 e. The number of nitrogens with zero attached hydrogens (tertiary/aromatic N) is 1. The molecule has 92 valence electrons. The van der Waals surface area contributed by atoms with Gasteiger partial charge in [0.15, 0.2) is 0 Å². The lowest BCUT2D eigenvalue weighted by molar-refractivity contribution is 0.106. The summed E-state index contributed by atoms with van der Waals surface area (Å²) in [4.78, 5) is 24.0. The predicted molar refractivity (Wildman–Crippen MR) is 57.2 cm³/mol. The van der Waals surface area contributed by atoms with Crippen LogP contribution in [0, 0.1) is 0 Å². The predicted octanol–water partition coefficient (Wildman–Crippen LogP) is 0.963. The molecule has 0 aromatic heterocycles. The first kappa shape index (κ1) is 12.6. The van der Waals surface area contributed by atoms with Crippen molar-refractivity contribution in [3.05, 3.63) is 0 Å². The Morgan fingerprint density at radius 1 is 1.38 bits per heavy atom. The van der Waals surface area contributed by atoms with Crippen molar-refractivity contribution in [2.45, 2.75) is 25.8 Å². The lowest BCUT2D eigenvalue weighted by Crippen LogP contribution is -2.46. The van der Waals surface area contributed by atoms with Crippen LogP contribution in [-0.4, -0.2) is 49.9 Å². The molecule has 0 radical (unpaired) electrons. The molecule has 0 aromatic rings. The van der Waals surface area contributed by atoms with Crippen LogP contribution in [0.3, 0.4) is 0 Å². The first-order valence-corrected chi connectivity index (χ1v) is 5.43. The van der Waals surface area contributed by atoms with E-state index in [1.807, 2.05) is 0 Å². The molecule has 6 nitrogen and oxygen atoms in total. The van der Waals surface area contributed by atoms with E-state index in [2.05, 4.69) is 10.1 Å². The van der Waals surface area contributed by atoms with Gasteiger partial charge in [-0.1, -0.05) is 0 Å². The minimum atomic E-state index is -0.390. The van der Waals surface area contributed by atoms with E-state index < -0.39 is 0 Å². The van der Waals surface area contributed by atoms with E-state index in [1.165, 1.54) is 7.11 Å². The van der Waals surface area contributed by atoms with Gasteiger partial charge in [-0.2, -0.15) is 0 Å². The third-order valence-corrected chi connectivity index (χ3v) is 2.53. The largest absolute Gasteiger partial charge is 0.453 e. The molecule has 1 fully saturated rings. The second kappa shape index (κ2) is 6.19. The van der Waals surface area contributed by atoms with Crippen LogP contribution in [0.25, 0.3) is 0 Å². The highest BCUT2D eigenvalue weighted by Crippen LogP contribution is 2.11. The Kier molecular flexibility index (Phi) is 4.88. The lowest BCUT2D eigenvalue weighted by atomic mass is 10.1. The molecule has 0 aromatic carbocycles. The van der Waals surface area contributed by atoms with E-state index in [9.17, 15) is 9.59 Å². The molecule has 0 bridgehead atoms. The Morgan fingerprint density at radius 2 is 2.00 bits per heavy atom. The zero-order chi connectivity index (χ0) is 12.0. The average molecular weight is 230 g/mol. The van der Waals surface area contributed by atoms with Gasteiger partial charge in [0.25, 0.3) is 0 Å². The highest BCUT2D eigenvalue weighted by atomic mass is 16.5. The van der Waals surface area contributed by atoms with E-state index >= 15 is 0 Å². The zero-order valence-electron chi connectivity index (χ0n) is 9.69. The summed E-state index contributed by atoms with van der Waals surface area (Å²) in [5.41, 5.74) is 0. The van der Waals surface area contributed by atoms with Gasteiger partial charge < -0.3 is 19.7 Å². The van der Waals surface area contributed by atoms with E-state index in [0.29, 0.717) is 19.7 Å². The lowest BCUT2D eigenvalue weighted by Gasteiger charge is -2.30. The summed E-state index contributed by atoms with van der Waals surface area (Å²) < 4.78 is 9.40. The van der Waals surface area contributed by atoms with Crippen molar-refractivity contribution >= 4 is 12.2 Å². The first-order valence-electron chi connectivity index (χ1n) is 5.43. The molecular weight excluding hydrogens is 212 g/mol. The monoisotopic (exact) mass is 230 g/mol. The molecule has 1 saturated heterocycles. The molecule has 0 aliphatic carbocycles. The summed E-state index contributed by atoms with van der Waals surface area (Å²) in [6.45, 7) is 3.33. The topological polar surface area (TPSA) is 67.9 Å². The number of amides is 2. The summed E-state index contributed by atoms with van der Waals surface area (Å²) in [6.07, 6.45) is 0.760. The van der Waals surface area contributed by atoms with E-state index in [4.69, 9.17) is 4.74 Å². The molecule has 1 N–H and O–H groups in total. The van der Waals surface area contributed by atoms with E-state index in [0.717, 1.165) is 12.8 Å². The van der Waals surface area contributed by atoms with Crippen molar-refractivity contribution in [1.29, 1.82) is 0 Å². The van der Waals surface area contributed by atoms with E-state index in [1.54, 1.807) is 11.8 Å². The zero-order valence-corrected chi connectivity index (χ0v) is 9.69. The molecule has 1 heterocycles. The van der Waals surface area contributed by atoms with Crippen LogP contribution < -0.4 is 5.32 Å². The number of likely N-dealkylation sites (tertiary alicyclic amines) is 1. The van der Waals surface area contributed by atoms with Gasteiger partial charge in [-0.3, -0.25) is 0 Å². The van der Waals surface area contributed by atoms with Crippen molar-refractivity contribution < 1.29 is 19.1 Å². The number of hydrogen-bond donors (Lipinski definition) is 1. The van der Waals surface area contributed by atoms with Gasteiger partial charge in [0.2, 0.25) is 0 Å². The Labute approximate surface area is 94.9 Å². The number of nitrogens with one attached hydrogen (secondary N) is 1. The third-order valence-electron chi connectivity index (χ3n) is 2.53. The Balaban J connectivity index is 2.26. The van der Waals surface area contributed by atoms with Gasteiger partial charge in [-0.25, -0.2) is 9.59 Å². The van der Waals surface area contributed by atoms with Crippen molar-refractivity contribution in [3.63, 3.8) is 0 Å². The fraction of sp³-hybridized carbons (Fsp3) is 0.800. The van der Waals surface area contributed by atoms with Crippen LogP contribution in [0.1, 0.15) is 19.8 Å². The molecule has 0 saturated carbocycles. The maximum Gasteiger partial charge on any atom is 0.409 e. The molecule has 0 unspecified atom stereocenters. The second-order valence-corrected chi connectivity index (χ2v) is 3.60. The molecule has 0 atom stereocenters. The number of carbonyl (C=O) groups is 2. The number of hydrogen-bond acceptors (Lipinski definition) is 4. The van der Waals surface area contributed by atoms with Gasteiger partial charge >= 0.3 is 12.2 Å². The van der Waals surface area contributed by atoms with Crippen LogP contribution in [0.4, 0.5) is 9.59 Å². The van der Waals surface area contributed by atoms with Crippen LogP contribution in [-0.2, 0) is 9.47 Å². The standard InChI is InChI=1S/C10H18N2O4/c1-3-16-9(13)11-8-4-6-12(7-5-8)10(14)15-2/h8H,3-7H2,1-2H3,(H,11,13). The maximum atomic E-state index is 11.2. The fourth-order valence-electron chi connectivity index (χ4n) is 1.67. The maximum absolute atomic E-state index is 11.2. The number of carbonyl (C=O) groups excluding carboxylic acids is 2. The SMILES string of the molecule is CCOC(=O)NC1CCN(C(=O)OC)CC1. The molecule has 1 aliphatic rings. The second-order valence-electron chi connectivity index (χ2n) is 3.60. The summed E-state index contributed by atoms with van der Waals surface area (Å²) in [5, 5.41) is 2.76. The molecule has 2 amide bonds. The molecule has 1 rings (SSSR count).